The first kappa shape index (κ1) is 18.8. The van der Waals surface area contributed by atoms with Gasteiger partial charge in [0, 0.05) is 51.0 Å². The minimum absolute atomic E-state index is 0.0119. The first-order chi connectivity index (χ1) is 12.6. The molecule has 1 saturated heterocycles. The van der Waals surface area contributed by atoms with E-state index in [2.05, 4.69) is 15.3 Å². The number of piperidine rings is 1. The predicted octanol–water partition coefficient (Wildman–Crippen LogP) is 0.817. The molecule has 0 radical (unpaired) electrons. The number of aryl methyl sites for hydroxylation is 2. The first-order valence-electron chi connectivity index (χ1n) is 9.48. The Hall–Kier alpha value is -2.02. The third-order valence-corrected chi connectivity index (χ3v) is 5.27. The van der Waals surface area contributed by atoms with E-state index in [0.717, 1.165) is 30.8 Å². The smallest absolute Gasteiger partial charge is 0.224 e. The number of carbonyl (C=O) groups excluding carboxylic acids is 2. The molecule has 0 aromatic carbocycles. The number of likely N-dealkylation sites (tertiary alicyclic amines) is 1. The zero-order valence-corrected chi connectivity index (χ0v) is 15.7. The summed E-state index contributed by atoms with van der Waals surface area (Å²) in [6.45, 7) is 4.08. The third kappa shape index (κ3) is 4.38. The number of amides is 2. The molecule has 2 heterocycles. The van der Waals surface area contributed by atoms with Crippen LogP contribution in [0.25, 0.3) is 0 Å². The summed E-state index contributed by atoms with van der Waals surface area (Å²) in [5, 5.41) is 2.99. The SMILES string of the molecule is COCCN1C[C@H](C(=O)NCCc2nc(C)c3c(n2)CCC3)CCC1=O. The van der Waals surface area contributed by atoms with Crippen molar-refractivity contribution in [2.75, 3.05) is 33.4 Å². The number of methoxy groups -OCH3 is 1. The lowest BCUT2D eigenvalue weighted by Crippen LogP contribution is -2.47. The summed E-state index contributed by atoms with van der Waals surface area (Å²) in [5.41, 5.74) is 3.56. The van der Waals surface area contributed by atoms with Crippen LogP contribution in [0.2, 0.25) is 0 Å². The van der Waals surface area contributed by atoms with Gasteiger partial charge in [-0.25, -0.2) is 9.97 Å². The van der Waals surface area contributed by atoms with E-state index in [1.807, 2.05) is 6.92 Å². The van der Waals surface area contributed by atoms with Crippen LogP contribution in [-0.4, -0.2) is 60.0 Å². The molecule has 7 heteroatoms. The van der Waals surface area contributed by atoms with Gasteiger partial charge in [-0.2, -0.15) is 0 Å². The summed E-state index contributed by atoms with van der Waals surface area (Å²) < 4.78 is 5.04. The van der Waals surface area contributed by atoms with Gasteiger partial charge in [0.15, 0.2) is 0 Å². The van der Waals surface area contributed by atoms with Crippen LogP contribution in [-0.2, 0) is 33.6 Å². The molecular formula is C19H28N4O3. The van der Waals surface area contributed by atoms with Gasteiger partial charge in [0.05, 0.1) is 12.5 Å². The zero-order chi connectivity index (χ0) is 18.5. The molecule has 7 nitrogen and oxygen atoms in total. The molecule has 0 saturated carbocycles. The van der Waals surface area contributed by atoms with Crippen LogP contribution in [0.15, 0.2) is 0 Å². The minimum atomic E-state index is -0.146. The molecule has 1 aliphatic heterocycles. The van der Waals surface area contributed by atoms with Crippen molar-refractivity contribution in [3.8, 4) is 0 Å². The van der Waals surface area contributed by atoms with Crippen molar-refractivity contribution in [3.05, 3.63) is 22.8 Å². The molecule has 1 aliphatic carbocycles. The van der Waals surface area contributed by atoms with Crippen molar-refractivity contribution in [2.24, 2.45) is 5.92 Å². The van der Waals surface area contributed by atoms with Crippen molar-refractivity contribution in [1.29, 1.82) is 0 Å². The quantitative estimate of drug-likeness (QED) is 0.778. The van der Waals surface area contributed by atoms with E-state index in [-0.39, 0.29) is 17.7 Å². The number of aromatic nitrogens is 2. The van der Waals surface area contributed by atoms with Gasteiger partial charge in [-0.3, -0.25) is 9.59 Å². The number of rotatable bonds is 7. The molecule has 0 spiro atoms. The Morgan fingerprint density at radius 1 is 1.31 bits per heavy atom. The Bertz CT molecular complexity index is 677. The summed E-state index contributed by atoms with van der Waals surface area (Å²) >= 11 is 0. The first-order valence-corrected chi connectivity index (χ1v) is 9.48. The number of carbonyl (C=O) groups is 2. The number of fused-ring (bicyclic) bond motifs is 1. The van der Waals surface area contributed by atoms with Crippen molar-refractivity contribution >= 4 is 11.8 Å². The average molecular weight is 360 g/mol. The number of hydrogen-bond acceptors (Lipinski definition) is 5. The van der Waals surface area contributed by atoms with Gasteiger partial charge in [-0.1, -0.05) is 0 Å². The van der Waals surface area contributed by atoms with Crippen molar-refractivity contribution in [3.63, 3.8) is 0 Å². The predicted molar refractivity (Wildman–Crippen MR) is 96.7 cm³/mol. The second-order valence-corrected chi connectivity index (χ2v) is 7.11. The van der Waals surface area contributed by atoms with Gasteiger partial charge in [0.1, 0.15) is 5.82 Å². The highest BCUT2D eigenvalue weighted by atomic mass is 16.5. The van der Waals surface area contributed by atoms with E-state index in [1.54, 1.807) is 12.0 Å². The lowest BCUT2D eigenvalue weighted by Gasteiger charge is -2.31. The highest BCUT2D eigenvalue weighted by Gasteiger charge is 2.29. The molecule has 142 valence electrons. The van der Waals surface area contributed by atoms with Gasteiger partial charge in [0.2, 0.25) is 11.8 Å². The van der Waals surface area contributed by atoms with Crippen LogP contribution < -0.4 is 5.32 Å². The molecule has 0 bridgehead atoms. The van der Waals surface area contributed by atoms with E-state index in [1.165, 1.54) is 11.3 Å². The second-order valence-electron chi connectivity index (χ2n) is 7.11. The maximum absolute atomic E-state index is 12.4. The topological polar surface area (TPSA) is 84.4 Å². The molecule has 3 rings (SSSR count). The lowest BCUT2D eigenvalue weighted by atomic mass is 9.96. The molecule has 0 unspecified atom stereocenters. The molecule has 2 amide bonds. The highest BCUT2D eigenvalue weighted by molar-refractivity contribution is 5.83. The highest BCUT2D eigenvalue weighted by Crippen LogP contribution is 2.22. The van der Waals surface area contributed by atoms with Gasteiger partial charge in [-0.05, 0) is 38.2 Å². The van der Waals surface area contributed by atoms with Gasteiger partial charge in [-0.15, -0.1) is 0 Å². The largest absolute Gasteiger partial charge is 0.383 e. The van der Waals surface area contributed by atoms with Gasteiger partial charge < -0.3 is 15.0 Å². The van der Waals surface area contributed by atoms with Crippen LogP contribution >= 0.6 is 0 Å². The maximum Gasteiger partial charge on any atom is 0.224 e. The number of ether oxygens (including phenoxy) is 1. The van der Waals surface area contributed by atoms with Crippen molar-refractivity contribution in [2.45, 2.75) is 45.4 Å². The number of hydrogen-bond donors (Lipinski definition) is 1. The van der Waals surface area contributed by atoms with Crippen LogP contribution in [0.5, 0.6) is 0 Å². The summed E-state index contributed by atoms with van der Waals surface area (Å²) in [4.78, 5) is 35.3. The average Bonchev–Trinajstić information content (AvgIpc) is 3.10. The summed E-state index contributed by atoms with van der Waals surface area (Å²) in [5.74, 6) is 0.780. The van der Waals surface area contributed by atoms with E-state index in [4.69, 9.17) is 4.74 Å². The Morgan fingerprint density at radius 2 is 2.15 bits per heavy atom. The Morgan fingerprint density at radius 3 is 2.96 bits per heavy atom. The van der Waals surface area contributed by atoms with Crippen LogP contribution in [0.1, 0.15) is 42.0 Å². The van der Waals surface area contributed by atoms with Crippen LogP contribution in [0, 0.1) is 12.8 Å². The molecule has 1 fully saturated rings. The third-order valence-electron chi connectivity index (χ3n) is 5.27. The fourth-order valence-corrected chi connectivity index (χ4v) is 3.78. The maximum atomic E-state index is 12.4. The molecule has 2 aliphatic rings. The number of nitrogens with zero attached hydrogens (tertiary/aromatic N) is 3. The normalized spacial score (nSPS) is 19.5. The Labute approximate surface area is 154 Å². The van der Waals surface area contributed by atoms with E-state index < -0.39 is 0 Å². The summed E-state index contributed by atoms with van der Waals surface area (Å²) in [6.07, 6.45) is 4.95. The van der Waals surface area contributed by atoms with Crippen LogP contribution in [0.4, 0.5) is 0 Å². The van der Waals surface area contributed by atoms with Crippen LogP contribution in [0.3, 0.4) is 0 Å². The minimum Gasteiger partial charge on any atom is -0.383 e. The van der Waals surface area contributed by atoms with Gasteiger partial charge in [0.25, 0.3) is 0 Å². The monoisotopic (exact) mass is 360 g/mol. The standard InChI is InChI=1S/C19H28N4O3/c1-13-15-4-3-5-16(15)22-17(21-13)8-9-20-19(25)14-6-7-18(24)23(12-14)10-11-26-2/h14H,3-12H2,1-2H3,(H,20,25)/t14-/m1/s1. The molecule has 1 atom stereocenters. The van der Waals surface area contributed by atoms with E-state index >= 15 is 0 Å². The Balaban J connectivity index is 1.48. The lowest BCUT2D eigenvalue weighted by molar-refractivity contribution is -0.138. The second kappa shape index (κ2) is 8.58. The fraction of sp³-hybridized carbons (Fsp3) is 0.684. The molecule has 26 heavy (non-hydrogen) atoms. The molecule has 1 aromatic heterocycles. The number of nitrogens with one attached hydrogen (secondary N) is 1. The Kier molecular flexibility index (Phi) is 6.19. The van der Waals surface area contributed by atoms with Gasteiger partial charge >= 0.3 is 0 Å². The molecular weight excluding hydrogens is 332 g/mol. The fourth-order valence-electron chi connectivity index (χ4n) is 3.78. The molecule has 1 N–H and O–H groups in total. The van der Waals surface area contributed by atoms with E-state index in [0.29, 0.717) is 45.5 Å². The van der Waals surface area contributed by atoms with Crippen molar-refractivity contribution in [1.82, 2.24) is 20.2 Å². The van der Waals surface area contributed by atoms with Crippen molar-refractivity contribution < 1.29 is 14.3 Å². The molecule has 1 aromatic rings. The summed E-state index contributed by atoms with van der Waals surface area (Å²) in [7, 11) is 1.61. The zero-order valence-electron chi connectivity index (χ0n) is 15.7. The van der Waals surface area contributed by atoms with E-state index in [9.17, 15) is 9.59 Å². The summed E-state index contributed by atoms with van der Waals surface area (Å²) in [6, 6.07) is 0.